The van der Waals surface area contributed by atoms with Crippen molar-refractivity contribution in [3.63, 3.8) is 0 Å². The molecule has 0 bridgehead atoms. The third kappa shape index (κ3) is 2.06. The SMILES string of the molecule is CCC(C)Nc1ncnc2ccccc12. The third-order valence-electron chi connectivity index (χ3n) is 2.54. The van der Waals surface area contributed by atoms with E-state index in [0.717, 1.165) is 23.1 Å². The van der Waals surface area contributed by atoms with Crippen molar-refractivity contribution < 1.29 is 0 Å². The summed E-state index contributed by atoms with van der Waals surface area (Å²) in [6, 6.07) is 8.47. The van der Waals surface area contributed by atoms with Gasteiger partial charge in [0.25, 0.3) is 0 Å². The summed E-state index contributed by atoms with van der Waals surface area (Å²) in [5.41, 5.74) is 0.985. The molecule has 1 N–H and O–H groups in total. The lowest BCUT2D eigenvalue weighted by Gasteiger charge is -2.13. The molecular weight excluding hydrogens is 186 g/mol. The number of hydrogen-bond acceptors (Lipinski definition) is 3. The standard InChI is InChI=1S/C12H15N3/c1-3-9(2)15-12-10-6-4-5-7-11(10)13-8-14-12/h4-9H,3H2,1-2H3,(H,13,14,15). The maximum atomic E-state index is 4.27. The van der Waals surface area contributed by atoms with Crippen molar-refractivity contribution in [2.75, 3.05) is 5.32 Å². The number of hydrogen-bond donors (Lipinski definition) is 1. The molecular formula is C12H15N3. The fraction of sp³-hybridized carbons (Fsp3) is 0.333. The van der Waals surface area contributed by atoms with Gasteiger partial charge < -0.3 is 5.32 Å². The van der Waals surface area contributed by atoms with Crippen molar-refractivity contribution in [3.8, 4) is 0 Å². The molecule has 0 spiro atoms. The van der Waals surface area contributed by atoms with Crippen molar-refractivity contribution in [1.29, 1.82) is 0 Å². The van der Waals surface area contributed by atoms with Crippen LogP contribution in [0.2, 0.25) is 0 Å². The van der Waals surface area contributed by atoms with Gasteiger partial charge in [0.2, 0.25) is 0 Å². The number of anilines is 1. The van der Waals surface area contributed by atoms with Crippen LogP contribution in [0.15, 0.2) is 30.6 Å². The molecule has 0 aliphatic carbocycles. The zero-order valence-electron chi connectivity index (χ0n) is 9.07. The Balaban J connectivity index is 2.42. The lowest BCUT2D eigenvalue weighted by molar-refractivity contribution is 0.760. The molecule has 0 radical (unpaired) electrons. The van der Waals surface area contributed by atoms with Crippen LogP contribution in [-0.4, -0.2) is 16.0 Å². The van der Waals surface area contributed by atoms with Gasteiger partial charge in [-0.1, -0.05) is 19.1 Å². The van der Waals surface area contributed by atoms with Crippen molar-refractivity contribution in [3.05, 3.63) is 30.6 Å². The predicted molar refractivity (Wildman–Crippen MR) is 62.9 cm³/mol. The van der Waals surface area contributed by atoms with Gasteiger partial charge in [0.05, 0.1) is 5.52 Å². The Hall–Kier alpha value is -1.64. The number of benzene rings is 1. The Kier molecular flexibility index (Phi) is 2.81. The molecule has 0 aliphatic rings. The van der Waals surface area contributed by atoms with Crippen LogP contribution >= 0.6 is 0 Å². The fourth-order valence-electron chi connectivity index (χ4n) is 1.46. The highest BCUT2D eigenvalue weighted by molar-refractivity contribution is 5.88. The highest BCUT2D eigenvalue weighted by Crippen LogP contribution is 2.19. The van der Waals surface area contributed by atoms with Crippen LogP contribution in [0.5, 0.6) is 0 Å². The van der Waals surface area contributed by atoms with E-state index in [1.54, 1.807) is 6.33 Å². The average Bonchev–Trinajstić information content (AvgIpc) is 2.29. The second kappa shape index (κ2) is 4.26. The van der Waals surface area contributed by atoms with E-state index in [0.29, 0.717) is 6.04 Å². The van der Waals surface area contributed by atoms with E-state index < -0.39 is 0 Å². The van der Waals surface area contributed by atoms with Gasteiger partial charge in [0.1, 0.15) is 12.1 Å². The summed E-state index contributed by atoms with van der Waals surface area (Å²) < 4.78 is 0. The zero-order valence-corrected chi connectivity index (χ0v) is 9.07. The number of para-hydroxylation sites is 1. The monoisotopic (exact) mass is 201 g/mol. The predicted octanol–water partition coefficient (Wildman–Crippen LogP) is 2.84. The molecule has 1 atom stereocenters. The first-order valence-corrected chi connectivity index (χ1v) is 5.27. The van der Waals surface area contributed by atoms with Crippen molar-refractivity contribution >= 4 is 16.7 Å². The molecule has 0 aliphatic heterocycles. The highest BCUT2D eigenvalue weighted by atomic mass is 15.0. The smallest absolute Gasteiger partial charge is 0.137 e. The molecule has 1 aromatic heterocycles. The lowest BCUT2D eigenvalue weighted by Crippen LogP contribution is -2.14. The summed E-state index contributed by atoms with van der Waals surface area (Å²) in [5.74, 6) is 0.926. The molecule has 3 heteroatoms. The Morgan fingerprint density at radius 1 is 1.27 bits per heavy atom. The van der Waals surface area contributed by atoms with E-state index in [1.165, 1.54) is 0 Å². The zero-order chi connectivity index (χ0) is 10.7. The average molecular weight is 201 g/mol. The summed E-state index contributed by atoms with van der Waals surface area (Å²) in [7, 11) is 0. The molecule has 0 saturated heterocycles. The van der Waals surface area contributed by atoms with E-state index in [4.69, 9.17) is 0 Å². The molecule has 0 fully saturated rings. The summed E-state index contributed by atoms with van der Waals surface area (Å²) in [5, 5.41) is 4.47. The fourth-order valence-corrected chi connectivity index (χ4v) is 1.46. The van der Waals surface area contributed by atoms with Crippen molar-refractivity contribution in [2.45, 2.75) is 26.3 Å². The van der Waals surface area contributed by atoms with Crippen LogP contribution in [0.25, 0.3) is 10.9 Å². The first kappa shape index (κ1) is 9.90. The summed E-state index contributed by atoms with van der Waals surface area (Å²) in [6.07, 6.45) is 2.69. The minimum atomic E-state index is 0.434. The molecule has 1 aromatic carbocycles. The second-order valence-corrected chi connectivity index (χ2v) is 3.69. The molecule has 1 unspecified atom stereocenters. The summed E-state index contributed by atoms with van der Waals surface area (Å²) >= 11 is 0. The van der Waals surface area contributed by atoms with Crippen LogP contribution in [0.1, 0.15) is 20.3 Å². The lowest BCUT2D eigenvalue weighted by atomic mass is 10.2. The van der Waals surface area contributed by atoms with Gasteiger partial charge in [0, 0.05) is 11.4 Å². The Labute approximate surface area is 89.6 Å². The van der Waals surface area contributed by atoms with Crippen molar-refractivity contribution in [1.82, 2.24) is 9.97 Å². The summed E-state index contributed by atoms with van der Waals surface area (Å²) in [6.45, 7) is 4.30. The first-order valence-electron chi connectivity index (χ1n) is 5.27. The van der Waals surface area contributed by atoms with E-state index in [2.05, 4.69) is 29.1 Å². The first-order chi connectivity index (χ1) is 7.31. The van der Waals surface area contributed by atoms with E-state index in [-0.39, 0.29) is 0 Å². The number of nitrogens with one attached hydrogen (secondary N) is 1. The van der Waals surface area contributed by atoms with E-state index in [9.17, 15) is 0 Å². The van der Waals surface area contributed by atoms with Crippen LogP contribution in [0.3, 0.4) is 0 Å². The largest absolute Gasteiger partial charge is 0.367 e. The quantitative estimate of drug-likeness (QED) is 0.829. The Morgan fingerprint density at radius 3 is 2.87 bits per heavy atom. The van der Waals surface area contributed by atoms with Gasteiger partial charge in [-0.2, -0.15) is 0 Å². The maximum Gasteiger partial charge on any atom is 0.137 e. The van der Waals surface area contributed by atoms with Crippen molar-refractivity contribution in [2.24, 2.45) is 0 Å². The minimum Gasteiger partial charge on any atom is -0.367 e. The molecule has 15 heavy (non-hydrogen) atoms. The number of aromatic nitrogens is 2. The minimum absolute atomic E-state index is 0.434. The normalized spacial score (nSPS) is 12.7. The van der Waals surface area contributed by atoms with Crippen LogP contribution in [-0.2, 0) is 0 Å². The highest BCUT2D eigenvalue weighted by Gasteiger charge is 2.04. The van der Waals surface area contributed by atoms with Gasteiger partial charge in [0.15, 0.2) is 0 Å². The molecule has 3 nitrogen and oxygen atoms in total. The molecule has 1 heterocycles. The van der Waals surface area contributed by atoms with Crippen LogP contribution in [0.4, 0.5) is 5.82 Å². The molecule has 2 aromatic rings. The maximum absolute atomic E-state index is 4.27. The Morgan fingerprint density at radius 2 is 2.07 bits per heavy atom. The van der Waals surface area contributed by atoms with Gasteiger partial charge >= 0.3 is 0 Å². The Bertz CT molecular complexity index is 448. The molecule has 0 amide bonds. The molecule has 2 rings (SSSR count). The van der Waals surface area contributed by atoms with E-state index >= 15 is 0 Å². The van der Waals surface area contributed by atoms with Gasteiger partial charge in [-0.05, 0) is 25.5 Å². The van der Waals surface area contributed by atoms with E-state index in [1.807, 2.05) is 24.3 Å². The van der Waals surface area contributed by atoms with Gasteiger partial charge in [-0.15, -0.1) is 0 Å². The third-order valence-corrected chi connectivity index (χ3v) is 2.54. The topological polar surface area (TPSA) is 37.8 Å². The number of fused-ring (bicyclic) bond motifs is 1. The van der Waals surface area contributed by atoms with Gasteiger partial charge in [-0.25, -0.2) is 9.97 Å². The number of rotatable bonds is 3. The second-order valence-electron chi connectivity index (χ2n) is 3.69. The molecule has 0 saturated carbocycles. The molecule has 78 valence electrons. The van der Waals surface area contributed by atoms with Crippen LogP contribution < -0.4 is 5.32 Å². The number of nitrogens with zero attached hydrogens (tertiary/aromatic N) is 2. The van der Waals surface area contributed by atoms with Crippen LogP contribution in [0, 0.1) is 0 Å². The summed E-state index contributed by atoms with van der Waals surface area (Å²) in [4.78, 5) is 8.50. The van der Waals surface area contributed by atoms with Gasteiger partial charge in [-0.3, -0.25) is 0 Å².